The number of halogens is 2. The molecule has 2 unspecified atom stereocenters. The van der Waals surface area contributed by atoms with E-state index in [0.29, 0.717) is 30.7 Å². The molecule has 0 saturated carbocycles. The molecule has 0 aromatic heterocycles. The van der Waals surface area contributed by atoms with E-state index in [1.165, 1.54) is 0 Å². The summed E-state index contributed by atoms with van der Waals surface area (Å²) in [6, 6.07) is 4.35. The first kappa shape index (κ1) is 22.0. The van der Waals surface area contributed by atoms with Crippen LogP contribution in [0.2, 0.25) is 10.0 Å². The van der Waals surface area contributed by atoms with Gasteiger partial charge in [-0.05, 0) is 25.0 Å². The summed E-state index contributed by atoms with van der Waals surface area (Å²) in [7, 11) is 0. The Morgan fingerprint density at radius 2 is 1.85 bits per heavy atom. The van der Waals surface area contributed by atoms with Gasteiger partial charge in [0.05, 0.1) is 28.8 Å². The van der Waals surface area contributed by atoms with Gasteiger partial charge in [-0.1, -0.05) is 43.1 Å². The summed E-state index contributed by atoms with van der Waals surface area (Å²) in [5.74, 6) is -0.280. The maximum Gasteiger partial charge on any atom is 0.253 e. The van der Waals surface area contributed by atoms with Crippen LogP contribution in [-0.4, -0.2) is 61.6 Å². The molecule has 2 rings (SSSR count). The van der Waals surface area contributed by atoms with Gasteiger partial charge in [-0.3, -0.25) is 14.5 Å². The van der Waals surface area contributed by atoms with Crippen molar-refractivity contribution in [1.82, 2.24) is 15.5 Å². The third-order valence-electron chi connectivity index (χ3n) is 4.71. The van der Waals surface area contributed by atoms with Crippen LogP contribution in [0.15, 0.2) is 18.2 Å². The number of amides is 2. The van der Waals surface area contributed by atoms with Gasteiger partial charge in [-0.25, -0.2) is 0 Å². The third kappa shape index (κ3) is 6.07. The van der Waals surface area contributed by atoms with Gasteiger partial charge >= 0.3 is 0 Å². The molecule has 2 N–H and O–H groups in total. The molecule has 2 atom stereocenters. The van der Waals surface area contributed by atoms with E-state index in [0.717, 1.165) is 13.1 Å². The van der Waals surface area contributed by atoms with Crippen LogP contribution in [0.3, 0.4) is 0 Å². The first-order chi connectivity index (χ1) is 12.8. The van der Waals surface area contributed by atoms with Crippen LogP contribution >= 0.6 is 23.2 Å². The SMILES string of the molecule is CC(NC(=O)c1cccc(Cl)c1Cl)C(=O)NCC(C(C)C)N1CCOCC1. The lowest BCUT2D eigenvalue weighted by Crippen LogP contribution is -2.53. The Bertz CT molecular complexity index is 664. The molecule has 150 valence electrons. The van der Waals surface area contributed by atoms with Gasteiger partial charge in [0.25, 0.3) is 5.91 Å². The van der Waals surface area contributed by atoms with Crippen molar-refractivity contribution < 1.29 is 14.3 Å². The number of morpholine rings is 1. The van der Waals surface area contributed by atoms with Crippen molar-refractivity contribution in [3.63, 3.8) is 0 Å². The largest absolute Gasteiger partial charge is 0.379 e. The lowest BCUT2D eigenvalue weighted by Gasteiger charge is -2.37. The maximum absolute atomic E-state index is 12.4. The summed E-state index contributed by atoms with van der Waals surface area (Å²) in [6.45, 7) is 9.58. The molecule has 27 heavy (non-hydrogen) atoms. The molecule has 1 aliphatic heterocycles. The molecule has 1 aromatic carbocycles. The highest BCUT2D eigenvalue weighted by Gasteiger charge is 2.25. The minimum Gasteiger partial charge on any atom is -0.379 e. The zero-order valence-electron chi connectivity index (χ0n) is 15.9. The Labute approximate surface area is 170 Å². The molecule has 0 radical (unpaired) electrons. The average Bonchev–Trinajstić information content (AvgIpc) is 2.64. The summed E-state index contributed by atoms with van der Waals surface area (Å²) in [6.07, 6.45) is 0. The second-order valence-corrected chi connectivity index (χ2v) is 7.79. The van der Waals surface area contributed by atoms with Gasteiger partial charge < -0.3 is 15.4 Å². The van der Waals surface area contributed by atoms with Crippen LogP contribution in [0, 0.1) is 5.92 Å². The molecule has 1 aliphatic rings. The molecule has 1 saturated heterocycles. The highest BCUT2D eigenvalue weighted by molar-refractivity contribution is 6.43. The van der Waals surface area contributed by atoms with E-state index in [1.807, 2.05) is 0 Å². The van der Waals surface area contributed by atoms with E-state index in [-0.39, 0.29) is 22.5 Å². The molecule has 1 fully saturated rings. The Hall–Kier alpha value is -1.34. The van der Waals surface area contributed by atoms with Crippen LogP contribution in [-0.2, 0) is 9.53 Å². The quantitative estimate of drug-likeness (QED) is 0.717. The standard InChI is InChI=1S/C19H27Cl2N3O3/c1-12(2)16(24-7-9-27-10-8-24)11-22-18(25)13(3)23-19(26)14-5-4-6-15(20)17(14)21/h4-6,12-13,16H,7-11H2,1-3H3,(H,22,25)(H,23,26). The fraction of sp³-hybridized carbons (Fsp3) is 0.579. The molecule has 1 heterocycles. The minimum absolute atomic E-state index is 0.177. The van der Waals surface area contributed by atoms with Crippen molar-refractivity contribution in [2.24, 2.45) is 5.92 Å². The van der Waals surface area contributed by atoms with Crippen molar-refractivity contribution in [2.45, 2.75) is 32.9 Å². The van der Waals surface area contributed by atoms with E-state index in [1.54, 1.807) is 25.1 Å². The smallest absolute Gasteiger partial charge is 0.253 e. The normalized spacial score (nSPS) is 17.4. The summed E-state index contributed by atoms with van der Waals surface area (Å²) in [5.41, 5.74) is 0.247. The Kier molecular flexibility index (Phi) is 8.35. The molecular formula is C19H27Cl2N3O3. The van der Waals surface area contributed by atoms with E-state index in [9.17, 15) is 9.59 Å². The van der Waals surface area contributed by atoms with Crippen molar-refractivity contribution in [2.75, 3.05) is 32.8 Å². The molecule has 0 bridgehead atoms. The van der Waals surface area contributed by atoms with Gasteiger partial charge in [0.15, 0.2) is 0 Å². The highest BCUT2D eigenvalue weighted by Crippen LogP contribution is 2.25. The number of rotatable bonds is 7. The Balaban J connectivity index is 1.90. The molecular weight excluding hydrogens is 389 g/mol. The lowest BCUT2D eigenvalue weighted by molar-refractivity contribution is -0.123. The highest BCUT2D eigenvalue weighted by atomic mass is 35.5. The van der Waals surface area contributed by atoms with Gasteiger partial charge in [-0.15, -0.1) is 0 Å². The minimum atomic E-state index is -0.690. The van der Waals surface area contributed by atoms with Crippen LogP contribution in [0.4, 0.5) is 0 Å². The average molecular weight is 416 g/mol. The molecule has 2 amide bonds. The van der Waals surface area contributed by atoms with Crippen molar-refractivity contribution in [1.29, 1.82) is 0 Å². The van der Waals surface area contributed by atoms with Crippen LogP contribution in [0.25, 0.3) is 0 Å². The number of carbonyl (C=O) groups excluding carboxylic acids is 2. The molecule has 1 aromatic rings. The summed E-state index contributed by atoms with van der Waals surface area (Å²) in [4.78, 5) is 27.2. The first-order valence-electron chi connectivity index (χ1n) is 9.15. The van der Waals surface area contributed by atoms with Crippen LogP contribution in [0.5, 0.6) is 0 Å². The zero-order valence-corrected chi connectivity index (χ0v) is 17.4. The van der Waals surface area contributed by atoms with E-state index in [4.69, 9.17) is 27.9 Å². The second-order valence-electron chi connectivity index (χ2n) is 7.00. The summed E-state index contributed by atoms with van der Waals surface area (Å²) < 4.78 is 5.40. The second kappa shape index (κ2) is 10.3. The lowest BCUT2D eigenvalue weighted by atomic mass is 10.0. The fourth-order valence-electron chi connectivity index (χ4n) is 3.07. The predicted octanol–water partition coefficient (Wildman–Crippen LogP) is 2.58. The number of nitrogens with one attached hydrogen (secondary N) is 2. The Morgan fingerprint density at radius 1 is 1.19 bits per heavy atom. The summed E-state index contributed by atoms with van der Waals surface area (Å²) in [5, 5.41) is 6.09. The zero-order chi connectivity index (χ0) is 20.0. The third-order valence-corrected chi connectivity index (χ3v) is 5.53. The van der Waals surface area contributed by atoms with Gasteiger partial charge in [0.2, 0.25) is 5.91 Å². The van der Waals surface area contributed by atoms with Crippen molar-refractivity contribution in [3.05, 3.63) is 33.8 Å². The topological polar surface area (TPSA) is 70.7 Å². The molecule has 0 spiro atoms. The number of hydrogen-bond donors (Lipinski definition) is 2. The van der Waals surface area contributed by atoms with E-state index < -0.39 is 11.9 Å². The van der Waals surface area contributed by atoms with E-state index >= 15 is 0 Å². The van der Waals surface area contributed by atoms with Gasteiger partial charge in [-0.2, -0.15) is 0 Å². The molecule has 0 aliphatic carbocycles. The van der Waals surface area contributed by atoms with E-state index in [2.05, 4.69) is 29.4 Å². The molecule has 6 nitrogen and oxygen atoms in total. The van der Waals surface area contributed by atoms with Crippen LogP contribution in [0.1, 0.15) is 31.1 Å². The van der Waals surface area contributed by atoms with Gasteiger partial charge in [0, 0.05) is 25.7 Å². The van der Waals surface area contributed by atoms with Crippen molar-refractivity contribution >= 4 is 35.0 Å². The predicted molar refractivity (Wildman–Crippen MR) is 107 cm³/mol. The number of ether oxygens (including phenoxy) is 1. The number of nitrogens with zero attached hydrogens (tertiary/aromatic N) is 1. The Morgan fingerprint density at radius 3 is 2.48 bits per heavy atom. The van der Waals surface area contributed by atoms with Gasteiger partial charge in [0.1, 0.15) is 6.04 Å². The maximum atomic E-state index is 12.4. The number of carbonyl (C=O) groups is 2. The van der Waals surface area contributed by atoms with Crippen molar-refractivity contribution in [3.8, 4) is 0 Å². The summed E-state index contributed by atoms with van der Waals surface area (Å²) >= 11 is 12.0. The number of hydrogen-bond acceptors (Lipinski definition) is 4. The monoisotopic (exact) mass is 415 g/mol. The number of benzene rings is 1. The first-order valence-corrected chi connectivity index (χ1v) is 9.91. The molecule has 8 heteroatoms. The fourth-order valence-corrected chi connectivity index (χ4v) is 3.46. The van der Waals surface area contributed by atoms with Crippen LogP contribution < -0.4 is 10.6 Å².